The molecular weight excluding hydrogens is 603 g/mol. The van der Waals surface area contributed by atoms with E-state index >= 15 is 0 Å². The topological polar surface area (TPSA) is 88.2 Å². The lowest BCUT2D eigenvalue weighted by Crippen LogP contribution is -2.42. The number of amides is 2. The van der Waals surface area contributed by atoms with Gasteiger partial charge in [-0.05, 0) is 72.2 Å². The first-order chi connectivity index (χ1) is 22.3. The third-order valence-corrected chi connectivity index (χ3v) is 7.97. The molecule has 0 spiro atoms. The summed E-state index contributed by atoms with van der Waals surface area (Å²) in [6.45, 7) is 1.75. The lowest BCUT2D eigenvalue weighted by atomic mass is 9.93. The molecule has 1 aliphatic heterocycles. The summed E-state index contributed by atoms with van der Waals surface area (Å²) in [5.74, 6) is -0.964. The molecule has 4 aromatic carbocycles. The van der Waals surface area contributed by atoms with Gasteiger partial charge >= 0.3 is 0 Å². The van der Waals surface area contributed by atoms with Crippen molar-refractivity contribution in [2.24, 2.45) is 0 Å². The lowest BCUT2D eigenvalue weighted by molar-refractivity contribution is -0.141. The van der Waals surface area contributed by atoms with Gasteiger partial charge in [-0.1, -0.05) is 72.3 Å². The number of aromatic nitrogens is 2. The molecule has 5 aromatic rings. The predicted octanol–water partition coefficient (Wildman–Crippen LogP) is 7.70. The van der Waals surface area contributed by atoms with Crippen molar-refractivity contribution in [1.29, 1.82) is 5.26 Å². The molecule has 0 radical (unpaired) electrons. The number of nitrogens with zero attached hydrogens (tertiary/aromatic N) is 4. The van der Waals surface area contributed by atoms with Crippen molar-refractivity contribution < 1.29 is 18.7 Å². The molecule has 9 heteroatoms. The summed E-state index contributed by atoms with van der Waals surface area (Å²) in [6, 6.07) is 31.9. The second kappa shape index (κ2) is 13.1. The maximum absolute atomic E-state index is 13.9. The maximum atomic E-state index is 13.9. The minimum atomic E-state index is -0.673. The van der Waals surface area contributed by atoms with Crippen LogP contribution in [0.1, 0.15) is 23.6 Å². The Bertz CT molecular complexity index is 2060. The molecule has 0 N–H and O–H groups in total. The molecule has 0 atom stereocenters. The van der Waals surface area contributed by atoms with Crippen LogP contribution in [0, 0.1) is 17.1 Å². The Hall–Kier alpha value is -5.78. The van der Waals surface area contributed by atoms with Crippen molar-refractivity contribution in [2.45, 2.75) is 20.1 Å². The Balaban J connectivity index is 1.42. The van der Waals surface area contributed by atoms with Gasteiger partial charge in [-0.25, -0.2) is 9.07 Å². The van der Waals surface area contributed by atoms with E-state index in [-0.39, 0.29) is 35.7 Å². The van der Waals surface area contributed by atoms with E-state index < -0.39 is 11.8 Å². The van der Waals surface area contributed by atoms with E-state index in [4.69, 9.17) is 21.4 Å². The molecule has 0 saturated carbocycles. The molecule has 0 fully saturated rings. The Labute approximate surface area is 270 Å². The van der Waals surface area contributed by atoms with Crippen LogP contribution in [0.5, 0.6) is 5.75 Å². The van der Waals surface area contributed by atoms with E-state index in [1.165, 1.54) is 12.1 Å². The van der Waals surface area contributed by atoms with Crippen LogP contribution in [0.15, 0.2) is 126 Å². The fourth-order valence-corrected chi connectivity index (χ4v) is 5.33. The second-order valence-corrected chi connectivity index (χ2v) is 11.0. The number of carbonyl (C=O) groups excluding carboxylic acids is 2. The van der Waals surface area contributed by atoms with E-state index in [2.05, 4.69) is 0 Å². The van der Waals surface area contributed by atoms with Gasteiger partial charge in [0.05, 0.1) is 12.2 Å². The quantitative estimate of drug-likeness (QED) is 0.130. The van der Waals surface area contributed by atoms with Crippen LogP contribution >= 0.6 is 11.6 Å². The zero-order valence-corrected chi connectivity index (χ0v) is 25.4. The molecule has 2 heterocycles. The van der Waals surface area contributed by atoms with E-state index in [1.54, 1.807) is 60.3 Å². The van der Waals surface area contributed by atoms with Crippen LogP contribution in [0.4, 0.5) is 4.39 Å². The van der Waals surface area contributed by atoms with Crippen molar-refractivity contribution in [2.75, 3.05) is 0 Å². The van der Waals surface area contributed by atoms with Crippen LogP contribution in [0.3, 0.4) is 0 Å². The molecule has 0 saturated heterocycles. The van der Waals surface area contributed by atoms with E-state index in [1.807, 2.05) is 60.7 Å². The van der Waals surface area contributed by atoms with Crippen LogP contribution in [-0.2, 0) is 22.7 Å². The average molecular weight is 629 g/mol. The SMILES string of the molecule is CC1=C(C#N)C(=O)N(Cc2ccccc2Cl)C(=O)/C1=C/c1cn(-c2ccccc2)nc1-c1cccc(OCc2ccc(F)cc2)c1. The summed E-state index contributed by atoms with van der Waals surface area (Å²) in [6.07, 6.45) is 3.46. The van der Waals surface area contributed by atoms with Crippen LogP contribution in [0.25, 0.3) is 23.0 Å². The third kappa shape index (κ3) is 6.23. The van der Waals surface area contributed by atoms with Crippen molar-refractivity contribution >= 4 is 29.5 Å². The highest BCUT2D eigenvalue weighted by Crippen LogP contribution is 2.33. The van der Waals surface area contributed by atoms with Crippen LogP contribution in [0.2, 0.25) is 5.02 Å². The predicted molar refractivity (Wildman–Crippen MR) is 173 cm³/mol. The van der Waals surface area contributed by atoms with E-state index in [0.717, 1.165) is 16.2 Å². The van der Waals surface area contributed by atoms with Gasteiger partial charge in [0.1, 0.15) is 35.5 Å². The number of benzene rings is 4. The van der Waals surface area contributed by atoms with Gasteiger partial charge in [0.2, 0.25) is 0 Å². The van der Waals surface area contributed by atoms with E-state index in [0.29, 0.717) is 33.2 Å². The summed E-state index contributed by atoms with van der Waals surface area (Å²) >= 11 is 6.35. The number of para-hydroxylation sites is 1. The van der Waals surface area contributed by atoms with E-state index in [9.17, 15) is 19.2 Å². The number of hydrogen-bond acceptors (Lipinski definition) is 5. The molecule has 0 bridgehead atoms. The molecular formula is C37H26ClFN4O3. The fourth-order valence-electron chi connectivity index (χ4n) is 5.14. The Kier molecular flexibility index (Phi) is 8.59. The smallest absolute Gasteiger partial charge is 0.271 e. The van der Waals surface area contributed by atoms with Gasteiger partial charge in [0, 0.05) is 27.9 Å². The summed E-state index contributed by atoms with van der Waals surface area (Å²) < 4.78 is 21.1. The maximum Gasteiger partial charge on any atom is 0.271 e. The lowest BCUT2D eigenvalue weighted by Gasteiger charge is -2.27. The first-order valence-electron chi connectivity index (χ1n) is 14.4. The van der Waals surface area contributed by atoms with Gasteiger partial charge in [0.15, 0.2) is 0 Å². The van der Waals surface area contributed by atoms with Crippen molar-refractivity contribution in [1.82, 2.24) is 14.7 Å². The van der Waals surface area contributed by atoms with Crippen molar-refractivity contribution in [3.05, 3.63) is 154 Å². The normalized spacial score (nSPS) is 14.1. The number of carbonyl (C=O) groups is 2. The molecule has 0 aliphatic carbocycles. The molecule has 0 unspecified atom stereocenters. The van der Waals surface area contributed by atoms with Gasteiger partial charge in [-0.3, -0.25) is 14.5 Å². The Morgan fingerprint density at radius 3 is 2.41 bits per heavy atom. The molecule has 7 nitrogen and oxygen atoms in total. The molecule has 1 aromatic heterocycles. The molecule has 46 heavy (non-hydrogen) atoms. The molecule has 1 aliphatic rings. The first kappa shape index (κ1) is 30.3. The standard InChI is InChI=1S/C37H26ClFN4O3/c1-24-32(36(44)42(37(45)33(24)20-40)21-27-8-5-6-13-34(27)38)19-28-22-43(30-10-3-2-4-11-30)41-35(28)26-9-7-12-31(18-26)46-23-25-14-16-29(39)17-15-25/h2-19,22H,21,23H2,1H3/b32-19+. The highest BCUT2D eigenvalue weighted by molar-refractivity contribution is 6.31. The second-order valence-electron chi connectivity index (χ2n) is 10.6. The number of hydrogen-bond donors (Lipinski definition) is 0. The number of halogens is 2. The third-order valence-electron chi connectivity index (χ3n) is 7.60. The van der Waals surface area contributed by atoms with Crippen LogP contribution in [-0.4, -0.2) is 26.5 Å². The zero-order valence-electron chi connectivity index (χ0n) is 24.7. The summed E-state index contributed by atoms with van der Waals surface area (Å²) in [5.41, 5.74) is 4.41. The Morgan fingerprint density at radius 2 is 1.67 bits per heavy atom. The molecule has 226 valence electrons. The minimum absolute atomic E-state index is 0.0866. The zero-order chi connectivity index (χ0) is 32.2. The van der Waals surface area contributed by atoms with Gasteiger partial charge in [-0.15, -0.1) is 0 Å². The van der Waals surface area contributed by atoms with Gasteiger partial charge in [-0.2, -0.15) is 10.4 Å². The summed E-state index contributed by atoms with van der Waals surface area (Å²) in [7, 11) is 0. The number of rotatable bonds is 8. The molecule has 2 amide bonds. The first-order valence-corrected chi connectivity index (χ1v) is 14.8. The number of nitriles is 1. The van der Waals surface area contributed by atoms with Crippen LogP contribution < -0.4 is 4.74 Å². The number of imide groups is 1. The fraction of sp³-hybridized carbons (Fsp3) is 0.0811. The summed E-state index contributed by atoms with van der Waals surface area (Å²) in [5, 5.41) is 15.2. The minimum Gasteiger partial charge on any atom is -0.489 e. The largest absolute Gasteiger partial charge is 0.489 e. The highest BCUT2D eigenvalue weighted by atomic mass is 35.5. The Morgan fingerprint density at radius 1 is 0.935 bits per heavy atom. The van der Waals surface area contributed by atoms with Gasteiger partial charge in [0.25, 0.3) is 11.8 Å². The average Bonchev–Trinajstić information content (AvgIpc) is 3.50. The van der Waals surface area contributed by atoms with Gasteiger partial charge < -0.3 is 4.74 Å². The van der Waals surface area contributed by atoms with Crippen molar-refractivity contribution in [3.63, 3.8) is 0 Å². The monoisotopic (exact) mass is 628 g/mol. The summed E-state index contributed by atoms with van der Waals surface area (Å²) in [4.78, 5) is 28.3. The number of ether oxygens (including phenoxy) is 1. The van der Waals surface area contributed by atoms with Crippen molar-refractivity contribution in [3.8, 4) is 28.8 Å². The molecule has 6 rings (SSSR count). The highest BCUT2D eigenvalue weighted by Gasteiger charge is 2.36.